The molecule has 2 aromatic rings. The third kappa shape index (κ3) is 2.41. The first kappa shape index (κ1) is 12.4. The van der Waals surface area contributed by atoms with E-state index in [0.29, 0.717) is 10.6 Å². The first-order chi connectivity index (χ1) is 9.25. The lowest BCUT2D eigenvalue weighted by molar-refractivity contribution is 0.0660. The molecule has 0 spiro atoms. The maximum absolute atomic E-state index is 12.4. The highest BCUT2D eigenvalue weighted by Crippen LogP contribution is 2.26. The Hall–Kier alpha value is -1.66. The topological polar surface area (TPSA) is 58.4 Å². The number of carbonyl (C=O) groups is 1. The second kappa shape index (κ2) is 5.14. The lowest BCUT2D eigenvalue weighted by Gasteiger charge is -2.33. The highest BCUT2D eigenvalue weighted by Gasteiger charge is 2.25. The van der Waals surface area contributed by atoms with E-state index in [-0.39, 0.29) is 11.9 Å². The van der Waals surface area contributed by atoms with Crippen molar-refractivity contribution in [2.45, 2.75) is 13.0 Å². The monoisotopic (exact) mass is 277 g/mol. The van der Waals surface area contributed by atoms with Crippen LogP contribution in [0, 0.1) is 0 Å². The third-order valence-electron chi connectivity index (χ3n) is 3.21. The number of hydrogen-bond acceptors (Lipinski definition) is 5. The van der Waals surface area contributed by atoms with E-state index in [1.165, 1.54) is 11.3 Å². The Balaban J connectivity index is 1.80. The Morgan fingerprint density at radius 2 is 2.53 bits per heavy atom. The van der Waals surface area contributed by atoms with Gasteiger partial charge in [-0.2, -0.15) is 0 Å². The summed E-state index contributed by atoms with van der Waals surface area (Å²) in [5.41, 5.74) is 0. The molecule has 6 heteroatoms. The molecule has 0 saturated carbocycles. The number of nitrogens with one attached hydrogen (secondary N) is 1. The molecule has 5 nitrogen and oxygen atoms in total. The summed E-state index contributed by atoms with van der Waals surface area (Å²) in [7, 11) is 0. The zero-order valence-corrected chi connectivity index (χ0v) is 11.4. The quantitative estimate of drug-likeness (QED) is 0.910. The predicted octanol–water partition coefficient (Wildman–Crippen LogP) is 1.84. The summed E-state index contributed by atoms with van der Waals surface area (Å²) in [5.74, 6) is 0.765. The summed E-state index contributed by atoms with van der Waals surface area (Å²) >= 11 is 1.38. The number of hydrogen-bond donors (Lipinski definition) is 1. The van der Waals surface area contributed by atoms with Crippen LogP contribution < -0.4 is 5.32 Å². The molecule has 1 unspecified atom stereocenters. The van der Waals surface area contributed by atoms with Crippen LogP contribution in [0.2, 0.25) is 0 Å². The lowest BCUT2D eigenvalue weighted by Crippen LogP contribution is -2.52. The van der Waals surface area contributed by atoms with Gasteiger partial charge in [0.25, 0.3) is 5.91 Å². The molecule has 19 heavy (non-hydrogen) atoms. The van der Waals surface area contributed by atoms with E-state index in [9.17, 15) is 4.79 Å². The first-order valence-corrected chi connectivity index (χ1v) is 7.09. The fraction of sp³-hybridized carbons (Fsp3) is 0.385. The molecule has 3 heterocycles. The van der Waals surface area contributed by atoms with Crippen LogP contribution in [-0.4, -0.2) is 41.5 Å². The van der Waals surface area contributed by atoms with E-state index in [2.05, 4.69) is 17.2 Å². The van der Waals surface area contributed by atoms with Crippen molar-refractivity contribution < 1.29 is 9.21 Å². The van der Waals surface area contributed by atoms with E-state index in [0.717, 1.165) is 24.6 Å². The maximum atomic E-state index is 12.4. The van der Waals surface area contributed by atoms with Crippen molar-refractivity contribution in [3.63, 3.8) is 0 Å². The van der Waals surface area contributed by atoms with Gasteiger partial charge in [0.15, 0.2) is 10.8 Å². The van der Waals surface area contributed by atoms with Gasteiger partial charge in [-0.25, -0.2) is 4.98 Å². The largest absolute Gasteiger partial charge is 0.462 e. The minimum atomic E-state index is 0.0595. The van der Waals surface area contributed by atoms with Crippen LogP contribution in [0.25, 0.3) is 10.8 Å². The number of piperazine rings is 1. The minimum absolute atomic E-state index is 0.0595. The van der Waals surface area contributed by atoms with Gasteiger partial charge in [-0.1, -0.05) is 0 Å². The SMILES string of the molecule is CC1CNCCN1C(=O)c1cnc(-c2ccco2)s1. The molecule has 0 bridgehead atoms. The maximum Gasteiger partial charge on any atom is 0.265 e. The van der Waals surface area contributed by atoms with Crippen molar-refractivity contribution in [1.29, 1.82) is 0 Å². The minimum Gasteiger partial charge on any atom is -0.462 e. The molecule has 1 fully saturated rings. The van der Waals surface area contributed by atoms with E-state index in [4.69, 9.17) is 4.42 Å². The van der Waals surface area contributed by atoms with Gasteiger partial charge in [0.2, 0.25) is 0 Å². The van der Waals surface area contributed by atoms with E-state index >= 15 is 0 Å². The Morgan fingerprint density at radius 3 is 3.26 bits per heavy atom. The van der Waals surface area contributed by atoms with Crippen molar-refractivity contribution in [3.8, 4) is 10.8 Å². The number of rotatable bonds is 2. The van der Waals surface area contributed by atoms with Crippen LogP contribution in [-0.2, 0) is 0 Å². The third-order valence-corrected chi connectivity index (χ3v) is 4.21. The fourth-order valence-electron chi connectivity index (χ4n) is 2.17. The lowest BCUT2D eigenvalue weighted by atomic mass is 10.2. The van der Waals surface area contributed by atoms with Crippen LogP contribution in [0.15, 0.2) is 29.0 Å². The van der Waals surface area contributed by atoms with E-state index < -0.39 is 0 Å². The molecule has 1 aliphatic heterocycles. The van der Waals surface area contributed by atoms with Gasteiger partial charge in [-0.05, 0) is 19.1 Å². The van der Waals surface area contributed by atoms with Gasteiger partial charge in [-0.15, -0.1) is 11.3 Å². The Labute approximate surface area is 115 Å². The summed E-state index contributed by atoms with van der Waals surface area (Å²) < 4.78 is 5.29. The van der Waals surface area contributed by atoms with Gasteiger partial charge in [0.1, 0.15) is 4.88 Å². The molecule has 100 valence electrons. The molecule has 0 aromatic carbocycles. The van der Waals surface area contributed by atoms with Crippen molar-refractivity contribution >= 4 is 17.2 Å². The molecule has 1 N–H and O–H groups in total. The number of aromatic nitrogens is 1. The molecule has 2 aromatic heterocycles. The smallest absolute Gasteiger partial charge is 0.265 e. The van der Waals surface area contributed by atoms with Crippen molar-refractivity contribution in [3.05, 3.63) is 29.5 Å². The number of nitrogens with zero attached hydrogens (tertiary/aromatic N) is 2. The number of thiazole rings is 1. The Kier molecular flexibility index (Phi) is 3.35. The number of furan rings is 1. The van der Waals surface area contributed by atoms with Crippen molar-refractivity contribution in [1.82, 2.24) is 15.2 Å². The van der Waals surface area contributed by atoms with Crippen LogP contribution >= 0.6 is 11.3 Å². The Morgan fingerprint density at radius 1 is 1.63 bits per heavy atom. The first-order valence-electron chi connectivity index (χ1n) is 6.27. The summed E-state index contributed by atoms with van der Waals surface area (Å²) in [6.45, 7) is 4.49. The van der Waals surface area contributed by atoms with Gasteiger partial charge >= 0.3 is 0 Å². The molecule has 0 aliphatic carbocycles. The molecule has 1 amide bonds. The second-order valence-corrected chi connectivity index (χ2v) is 5.59. The standard InChI is InChI=1S/C13H15N3O2S/c1-9-7-14-4-5-16(9)13(17)11-8-15-12(19-11)10-3-2-6-18-10/h2-3,6,8-9,14H,4-5,7H2,1H3. The molecule has 1 atom stereocenters. The van der Waals surface area contributed by atoms with Crippen molar-refractivity contribution in [2.24, 2.45) is 0 Å². The predicted molar refractivity (Wildman–Crippen MR) is 73.2 cm³/mol. The molecule has 3 rings (SSSR count). The van der Waals surface area contributed by atoms with E-state index in [1.54, 1.807) is 12.5 Å². The second-order valence-electron chi connectivity index (χ2n) is 4.56. The van der Waals surface area contributed by atoms with Gasteiger partial charge in [-0.3, -0.25) is 4.79 Å². The summed E-state index contributed by atoms with van der Waals surface area (Å²) in [4.78, 5) is 19.3. The van der Waals surface area contributed by atoms with Crippen LogP contribution in [0.5, 0.6) is 0 Å². The van der Waals surface area contributed by atoms with Crippen LogP contribution in [0.3, 0.4) is 0 Å². The molecular formula is C13H15N3O2S. The Bertz CT molecular complexity index is 564. The van der Waals surface area contributed by atoms with Crippen LogP contribution in [0.4, 0.5) is 0 Å². The highest BCUT2D eigenvalue weighted by atomic mass is 32.1. The zero-order valence-electron chi connectivity index (χ0n) is 10.6. The number of carbonyl (C=O) groups excluding carboxylic acids is 1. The van der Waals surface area contributed by atoms with Gasteiger partial charge in [0.05, 0.1) is 12.5 Å². The normalized spacial score (nSPS) is 19.6. The van der Waals surface area contributed by atoms with Gasteiger partial charge < -0.3 is 14.6 Å². The summed E-state index contributed by atoms with van der Waals surface area (Å²) in [6.07, 6.45) is 3.25. The molecule has 1 saturated heterocycles. The summed E-state index contributed by atoms with van der Waals surface area (Å²) in [6, 6.07) is 3.88. The van der Waals surface area contributed by atoms with Crippen molar-refractivity contribution in [2.75, 3.05) is 19.6 Å². The summed E-state index contributed by atoms with van der Waals surface area (Å²) in [5, 5.41) is 4.02. The average Bonchev–Trinajstić information content (AvgIpc) is 3.09. The highest BCUT2D eigenvalue weighted by molar-refractivity contribution is 7.16. The molecule has 0 radical (unpaired) electrons. The van der Waals surface area contributed by atoms with Gasteiger partial charge in [0, 0.05) is 25.7 Å². The van der Waals surface area contributed by atoms with E-state index in [1.807, 2.05) is 17.0 Å². The number of amides is 1. The van der Waals surface area contributed by atoms with Crippen LogP contribution in [0.1, 0.15) is 16.6 Å². The molecule has 1 aliphatic rings. The fourth-order valence-corrected chi connectivity index (χ4v) is 3.01. The zero-order chi connectivity index (χ0) is 13.2. The molecular weight excluding hydrogens is 262 g/mol. The average molecular weight is 277 g/mol.